The van der Waals surface area contributed by atoms with E-state index in [9.17, 15) is 0 Å². The van der Waals surface area contributed by atoms with Gasteiger partial charge >= 0.3 is 0 Å². The summed E-state index contributed by atoms with van der Waals surface area (Å²) in [6.07, 6.45) is 5.55. The van der Waals surface area contributed by atoms with E-state index in [1.807, 2.05) is 0 Å². The lowest BCUT2D eigenvalue weighted by Gasteiger charge is -2.32. The standard InChI is InChI=1S/C16H24N2/c1-13-3-2-10-18(12-13)16-8-6-15(7-9-16)17-11-14-4-5-14/h6-9,13-14,17H,2-5,10-12H2,1H3. The second-order valence-corrected chi connectivity index (χ2v) is 6.06. The van der Waals surface area contributed by atoms with Gasteiger partial charge in [0.1, 0.15) is 0 Å². The van der Waals surface area contributed by atoms with Crippen LogP contribution in [-0.2, 0) is 0 Å². The number of piperidine rings is 1. The maximum atomic E-state index is 3.53. The van der Waals surface area contributed by atoms with E-state index in [4.69, 9.17) is 0 Å². The minimum atomic E-state index is 0.839. The van der Waals surface area contributed by atoms with E-state index in [1.54, 1.807) is 0 Å². The minimum absolute atomic E-state index is 0.839. The van der Waals surface area contributed by atoms with Crippen LogP contribution < -0.4 is 10.2 Å². The van der Waals surface area contributed by atoms with Crippen LogP contribution in [0.25, 0.3) is 0 Å². The van der Waals surface area contributed by atoms with Gasteiger partial charge in [0.25, 0.3) is 0 Å². The molecule has 1 atom stereocenters. The predicted octanol–water partition coefficient (Wildman–Crippen LogP) is 3.74. The molecule has 1 aromatic rings. The van der Waals surface area contributed by atoms with Crippen LogP contribution in [0.5, 0.6) is 0 Å². The number of rotatable bonds is 4. The van der Waals surface area contributed by atoms with Crippen molar-refractivity contribution < 1.29 is 0 Å². The molecule has 0 amide bonds. The van der Waals surface area contributed by atoms with Crippen molar-refractivity contribution in [2.24, 2.45) is 11.8 Å². The summed E-state index contributed by atoms with van der Waals surface area (Å²) in [5, 5.41) is 3.53. The summed E-state index contributed by atoms with van der Waals surface area (Å²) >= 11 is 0. The highest BCUT2D eigenvalue weighted by atomic mass is 15.1. The Morgan fingerprint density at radius 2 is 1.94 bits per heavy atom. The molecule has 0 spiro atoms. The number of hydrogen-bond donors (Lipinski definition) is 1. The Bertz CT molecular complexity index is 381. The molecule has 1 heterocycles. The quantitative estimate of drug-likeness (QED) is 0.868. The molecule has 1 saturated heterocycles. The molecule has 18 heavy (non-hydrogen) atoms. The Hall–Kier alpha value is -1.18. The Morgan fingerprint density at radius 1 is 1.17 bits per heavy atom. The average Bonchev–Trinajstić information content (AvgIpc) is 3.21. The van der Waals surface area contributed by atoms with E-state index in [-0.39, 0.29) is 0 Å². The fraction of sp³-hybridized carbons (Fsp3) is 0.625. The molecule has 2 fully saturated rings. The number of nitrogens with one attached hydrogen (secondary N) is 1. The molecule has 1 aromatic carbocycles. The maximum absolute atomic E-state index is 3.53. The molecular weight excluding hydrogens is 220 g/mol. The average molecular weight is 244 g/mol. The van der Waals surface area contributed by atoms with Gasteiger partial charge in [-0.25, -0.2) is 0 Å². The van der Waals surface area contributed by atoms with Crippen LogP contribution in [0, 0.1) is 11.8 Å². The van der Waals surface area contributed by atoms with Crippen molar-refractivity contribution in [3.8, 4) is 0 Å². The summed E-state index contributed by atoms with van der Waals surface area (Å²) in [6, 6.07) is 9.01. The monoisotopic (exact) mass is 244 g/mol. The Labute approximate surface area is 110 Å². The van der Waals surface area contributed by atoms with E-state index in [2.05, 4.69) is 41.4 Å². The predicted molar refractivity (Wildman–Crippen MR) is 78.3 cm³/mol. The van der Waals surface area contributed by atoms with Gasteiger partial charge in [0.15, 0.2) is 0 Å². The first-order chi connectivity index (χ1) is 8.81. The zero-order chi connectivity index (χ0) is 12.4. The van der Waals surface area contributed by atoms with Gasteiger partial charge in [0.2, 0.25) is 0 Å². The fourth-order valence-electron chi connectivity index (χ4n) is 2.80. The van der Waals surface area contributed by atoms with Gasteiger partial charge in [0.05, 0.1) is 0 Å². The third-order valence-electron chi connectivity index (χ3n) is 4.18. The normalized spacial score (nSPS) is 24.1. The van der Waals surface area contributed by atoms with Gasteiger partial charge in [-0.1, -0.05) is 6.92 Å². The second kappa shape index (κ2) is 5.21. The summed E-state index contributed by atoms with van der Waals surface area (Å²) in [6.45, 7) is 5.95. The lowest BCUT2D eigenvalue weighted by atomic mass is 10.00. The number of benzene rings is 1. The Balaban J connectivity index is 1.58. The SMILES string of the molecule is CC1CCCN(c2ccc(NCC3CC3)cc2)C1. The first-order valence-corrected chi connectivity index (χ1v) is 7.40. The van der Waals surface area contributed by atoms with Gasteiger partial charge in [-0.2, -0.15) is 0 Å². The summed E-state index contributed by atoms with van der Waals surface area (Å²) in [5.41, 5.74) is 2.66. The third kappa shape index (κ3) is 2.98. The molecule has 1 aliphatic heterocycles. The van der Waals surface area contributed by atoms with Gasteiger partial charge in [-0.05, 0) is 61.8 Å². The van der Waals surface area contributed by atoms with Crippen LogP contribution in [0.15, 0.2) is 24.3 Å². The minimum Gasteiger partial charge on any atom is -0.385 e. The molecular formula is C16H24N2. The largest absolute Gasteiger partial charge is 0.385 e. The summed E-state index contributed by atoms with van der Waals surface area (Å²) in [5.74, 6) is 1.78. The molecule has 98 valence electrons. The summed E-state index contributed by atoms with van der Waals surface area (Å²) < 4.78 is 0. The van der Waals surface area contributed by atoms with Gasteiger partial charge < -0.3 is 10.2 Å². The third-order valence-corrected chi connectivity index (χ3v) is 4.18. The molecule has 2 aliphatic rings. The van der Waals surface area contributed by atoms with Gasteiger partial charge in [0, 0.05) is 31.0 Å². The van der Waals surface area contributed by atoms with Crippen molar-refractivity contribution in [2.45, 2.75) is 32.6 Å². The highest BCUT2D eigenvalue weighted by molar-refractivity contribution is 5.55. The molecule has 3 rings (SSSR count). The van der Waals surface area contributed by atoms with Crippen LogP contribution in [0.1, 0.15) is 32.6 Å². The lowest BCUT2D eigenvalue weighted by Crippen LogP contribution is -2.34. The van der Waals surface area contributed by atoms with Crippen molar-refractivity contribution in [1.29, 1.82) is 0 Å². The van der Waals surface area contributed by atoms with Crippen molar-refractivity contribution in [2.75, 3.05) is 29.9 Å². The Morgan fingerprint density at radius 3 is 2.61 bits per heavy atom. The second-order valence-electron chi connectivity index (χ2n) is 6.06. The summed E-state index contributed by atoms with van der Waals surface area (Å²) in [4.78, 5) is 2.53. The Kier molecular flexibility index (Phi) is 3.44. The van der Waals surface area contributed by atoms with Crippen LogP contribution in [0.2, 0.25) is 0 Å². The fourth-order valence-corrected chi connectivity index (χ4v) is 2.80. The van der Waals surface area contributed by atoms with Crippen molar-refractivity contribution >= 4 is 11.4 Å². The van der Waals surface area contributed by atoms with Gasteiger partial charge in [-0.3, -0.25) is 0 Å². The molecule has 2 nitrogen and oxygen atoms in total. The highest BCUT2D eigenvalue weighted by Crippen LogP contribution is 2.29. The van der Waals surface area contributed by atoms with E-state index >= 15 is 0 Å². The van der Waals surface area contributed by atoms with Crippen molar-refractivity contribution in [1.82, 2.24) is 0 Å². The molecule has 1 aliphatic carbocycles. The topological polar surface area (TPSA) is 15.3 Å². The van der Waals surface area contributed by atoms with E-state index in [0.29, 0.717) is 0 Å². The number of hydrogen-bond acceptors (Lipinski definition) is 2. The molecule has 2 heteroatoms. The van der Waals surface area contributed by atoms with Crippen LogP contribution in [0.3, 0.4) is 0 Å². The summed E-state index contributed by atoms with van der Waals surface area (Å²) in [7, 11) is 0. The van der Waals surface area contributed by atoms with E-state index in [1.165, 1.54) is 50.1 Å². The van der Waals surface area contributed by atoms with Gasteiger partial charge in [-0.15, -0.1) is 0 Å². The molecule has 1 N–H and O–H groups in total. The first-order valence-electron chi connectivity index (χ1n) is 7.40. The van der Waals surface area contributed by atoms with Crippen LogP contribution in [-0.4, -0.2) is 19.6 Å². The van der Waals surface area contributed by atoms with E-state index < -0.39 is 0 Å². The number of nitrogens with zero attached hydrogens (tertiary/aromatic N) is 1. The molecule has 0 aromatic heterocycles. The number of anilines is 2. The highest BCUT2D eigenvalue weighted by Gasteiger charge is 2.20. The maximum Gasteiger partial charge on any atom is 0.0367 e. The van der Waals surface area contributed by atoms with Crippen LogP contribution >= 0.6 is 0 Å². The zero-order valence-corrected chi connectivity index (χ0v) is 11.4. The van der Waals surface area contributed by atoms with Crippen molar-refractivity contribution in [3.63, 3.8) is 0 Å². The smallest absolute Gasteiger partial charge is 0.0367 e. The van der Waals surface area contributed by atoms with Crippen molar-refractivity contribution in [3.05, 3.63) is 24.3 Å². The molecule has 1 saturated carbocycles. The first kappa shape index (κ1) is 11.9. The van der Waals surface area contributed by atoms with Crippen LogP contribution in [0.4, 0.5) is 11.4 Å². The lowest BCUT2D eigenvalue weighted by molar-refractivity contribution is 0.447. The molecule has 1 unspecified atom stereocenters. The zero-order valence-electron chi connectivity index (χ0n) is 11.4. The van der Waals surface area contributed by atoms with E-state index in [0.717, 1.165) is 18.4 Å². The molecule has 0 radical (unpaired) electrons. The molecule has 0 bridgehead atoms.